The normalized spacial score (nSPS) is 20.7. The van der Waals surface area contributed by atoms with Gasteiger partial charge in [0.2, 0.25) is 0 Å². The predicted octanol–water partition coefficient (Wildman–Crippen LogP) is 4.48. The number of rotatable bonds is 2. The Morgan fingerprint density at radius 1 is 1.20 bits per heavy atom. The summed E-state index contributed by atoms with van der Waals surface area (Å²) < 4.78 is 13.7. The van der Waals surface area contributed by atoms with E-state index in [1.54, 1.807) is 6.07 Å². The van der Waals surface area contributed by atoms with Crippen molar-refractivity contribution in [2.24, 2.45) is 0 Å². The van der Waals surface area contributed by atoms with Crippen LogP contribution in [0.3, 0.4) is 0 Å². The number of hydrogen-bond donors (Lipinski definition) is 2. The number of carbonyl (C=O) groups excluding carboxylic acids is 1. The largest absolute Gasteiger partial charge is 0.383 e. The molecule has 2 aliphatic heterocycles. The lowest BCUT2D eigenvalue weighted by Crippen LogP contribution is -2.29. The van der Waals surface area contributed by atoms with E-state index < -0.39 is 0 Å². The Labute approximate surface area is 146 Å². The summed E-state index contributed by atoms with van der Waals surface area (Å²) >= 11 is 0. The van der Waals surface area contributed by atoms with Crippen molar-refractivity contribution in [1.82, 2.24) is 5.32 Å². The highest BCUT2D eigenvalue weighted by Crippen LogP contribution is 2.40. The number of allylic oxidation sites excluding steroid dienone is 2. The summed E-state index contributed by atoms with van der Waals surface area (Å²) in [4.78, 5) is 12.5. The lowest BCUT2D eigenvalue weighted by molar-refractivity contribution is -0.110. The summed E-state index contributed by atoms with van der Waals surface area (Å²) in [7, 11) is 0. The van der Waals surface area contributed by atoms with Gasteiger partial charge in [-0.3, -0.25) is 4.79 Å². The zero-order valence-corrected chi connectivity index (χ0v) is 14.0. The molecule has 1 atom stereocenters. The average molecular weight is 334 g/mol. The van der Waals surface area contributed by atoms with Gasteiger partial charge in [-0.25, -0.2) is 4.39 Å². The second-order valence-electron chi connectivity index (χ2n) is 6.49. The lowest BCUT2D eigenvalue weighted by atomic mass is 9.93. The third-order valence-corrected chi connectivity index (χ3v) is 4.67. The number of halogens is 1. The van der Waals surface area contributed by atoms with Crippen molar-refractivity contribution in [3.8, 4) is 11.1 Å². The molecule has 4 heteroatoms. The molecular formula is C21H19FN2O. The summed E-state index contributed by atoms with van der Waals surface area (Å²) in [6, 6.07) is 12.3. The van der Waals surface area contributed by atoms with Crippen molar-refractivity contribution in [1.29, 1.82) is 0 Å². The van der Waals surface area contributed by atoms with Crippen LogP contribution in [-0.4, -0.2) is 11.9 Å². The maximum atomic E-state index is 13.7. The molecule has 0 aliphatic carbocycles. The highest BCUT2D eigenvalue weighted by atomic mass is 19.1. The monoisotopic (exact) mass is 334 g/mol. The van der Waals surface area contributed by atoms with E-state index in [0.717, 1.165) is 40.9 Å². The first-order valence-electron chi connectivity index (χ1n) is 8.47. The Bertz CT molecular complexity index is 914. The zero-order chi connectivity index (χ0) is 17.4. The Morgan fingerprint density at radius 3 is 2.84 bits per heavy atom. The van der Waals surface area contributed by atoms with Crippen LogP contribution in [0, 0.1) is 5.82 Å². The molecule has 3 nitrogen and oxygen atoms in total. The maximum Gasteiger partial charge on any atom is 0.256 e. The van der Waals surface area contributed by atoms with Gasteiger partial charge in [0.05, 0.1) is 0 Å². The van der Waals surface area contributed by atoms with E-state index in [-0.39, 0.29) is 17.8 Å². The minimum Gasteiger partial charge on any atom is -0.383 e. The third-order valence-electron chi connectivity index (χ3n) is 4.67. The second kappa shape index (κ2) is 6.20. The van der Waals surface area contributed by atoms with E-state index in [2.05, 4.69) is 16.7 Å². The molecule has 1 unspecified atom stereocenters. The van der Waals surface area contributed by atoms with E-state index in [0.29, 0.717) is 5.57 Å². The number of nitrogens with one attached hydrogen (secondary N) is 2. The molecule has 2 N–H and O–H groups in total. The number of anilines is 1. The third kappa shape index (κ3) is 2.95. The van der Waals surface area contributed by atoms with Crippen molar-refractivity contribution in [3.63, 3.8) is 0 Å². The van der Waals surface area contributed by atoms with Crippen LogP contribution in [0.25, 0.3) is 16.7 Å². The standard InChI is InChI=1S/C21H19FN2O/c1-13-5-2-8-16(23-13)12-18-20-17(14-6-3-7-15(22)11-14)9-4-10-19(20)24-21(18)25/h3-7,9-12,16,23H,2,8H2,1H3,(H,24,25)/b18-12-. The molecule has 2 heterocycles. The van der Waals surface area contributed by atoms with Crippen molar-refractivity contribution in [2.45, 2.75) is 25.8 Å². The molecule has 2 aliphatic rings. The molecule has 0 saturated carbocycles. The summed E-state index contributed by atoms with van der Waals surface area (Å²) in [5.74, 6) is -0.388. The van der Waals surface area contributed by atoms with Gasteiger partial charge >= 0.3 is 0 Å². The molecule has 25 heavy (non-hydrogen) atoms. The molecule has 2 aromatic rings. The van der Waals surface area contributed by atoms with Crippen LogP contribution in [-0.2, 0) is 4.79 Å². The van der Waals surface area contributed by atoms with Crippen molar-refractivity contribution in [3.05, 3.63) is 71.7 Å². The van der Waals surface area contributed by atoms with Crippen LogP contribution >= 0.6 is 0 Å². The van der Waals surface area contributed by atoms with Crippen LogP contribution in [0.15, 0.2) is 60.3 Å². The Hall–Kier alpha value is -2.88. The number of carbonyl (C=O) groups is 1. The van der Waals surface area contributed by atoms with Crippen LogP contribution in [0.1, 0.15) is 25.3 Å². The Balaban J connectivity index is 1.81. The fourth-order valence-electron chi connectivity index (χ4n) is 3.53. The molecule has 1 amide bonds. The van der Waals surface area contributed by atoms with Gasteiger partial charge in [-0.1, -0.05) is 30.3 Å². The topological polar surface area (TPSA) is 41.1 Å². The summed E-state index contributed by atoms with van der Waals surface area (Å²) in [6.45, 7) is 2.03. The van der Waals surface area contributed by atoms with E-state index in [1.165, 1.54) is 12.1 Å². The quantitative estimate of drug-likeness (QED) is 0.795. The van der Waals surface area contributed by atoms with Gasteiger partial charge in [0.25, 0.3) is 5.91 Å². The average Bonchev–Trinajstić information content (AvgIpc) is 2.90. The van der Waals surface area contributed by atoms with Crippen molar-refractivity contribution in [2.75, 3.05) is 5.32 Å². The first-order chi connectivity index (χ1) is 12.1. The molecule has 2 aromatic carbocycles. The van der Waals surface area contributed by atoms with Crippen molar-refractivity contribution >= 4 is 17.2 Å². The van der Waals surface area contributed by atoms with Gasteiger partial charge in [0.1, 0.15) is 5.82 Å². The minimum absolute atomic E-state index is 0.104. The van der Waals surface area contributed by atoms with Crippen LogP contribution < -0.4 is 10.6 Å². The molecule has 0 spiro atoms. The number of benzene rings is 2. The molecule has 0 radical (unpaired) electrons. The lowest BCUT2D eigenvalue weighted by Gasteiger charge is -2.21. The summed E-state index contributed by atoms with van der Waals surface area (Å²) in [5.41, 5.74) is 5.05. The summed E-state index contributed by atoms with van der Waals surface area (Å²) in [6.07, 6.45) is 6.11. The van der Waals surface area contributed by atoms with Gasteiger partial charge in [-0.15, -0.1) is 0 Å². The zero-order valence-electron chi connectivity index (χ0n) is 14.0. The highest BCUT2D eigenvalue weighted by Gasteiger charge is 2.28. The van der Waals surface area contributed by atoms with Crippen LogP contribution in [0.5, 0.6) is 0 Å². The van der Waals surface area contributed by atoms with E-state index in [1.807, 2.05) is 37.3 Å². The molecule has 0 bridgehead atoms. The van der Waals surface area contributed by atoms with Gasteiger partial charge < -0.3 is 10.6 Å². The second-order valence-corrected chi connectivity index (χ2v) is 6.49. The van der Waals surface area contributed by atoms with Crippen molar-refractivity contribution < 1.29 is 9.18 Å². The van der Waals surface area contributed by atoms with E-state index >= 15 is 0 Å². The molecule has 0 saturated heterocycles. The molecule has 0 fully saturated rings. The number of fused-ring (bicyclic) bond motifs is 1. The van der Waals surface area contributed by atoms with Gasteiger partial charge in [0, 0.05) is 28.6 Å². The highest BCUT2D eigenvalue weighted by molar-refractivity contribution is 6.33. The van der Waals surface area contributed by atoms with E-state index in [4.69, 9.17) is 0 Å². The van der Waals surface area contributed by atoms with E-state index in [9.17, 15) is 9.18 Å². The summed E-state index contributed by atoms with van der Waals surface area (Å²) in [5, 5.41) is 6.34. The number of amides is 1. The van der Waals surface area contributed by atoms with Gasteiger partial charge in [-0.05, 0) is 55.2 Å². The molecule has 126 valence electrons. The molecule has 4 rings (SSSR count). The molecular weight excluding hydrogens is 315 g/mol. The smallest absolute Gasteiger partial charge is 0.256 e. The molecule has 0 aromatic heterocycles. The van der Waals surface area contributed by atoms with Crippen LogP contribution in [0.2, 0.25) is 0 Å². The van der Waals surface area contributed by atoms with Crippen LogP contribution in [0.4, 0.5) is 10.1 Å². The first-order valence-corrected chi connectivity index (χ1v) is 8.47. The fourth-order valence-corrected chi connectivity index (χ4v) is 3.53. The Kier molecular flexibility index (Phi) is 3.88. The Morgan fingerprint density at radius 2 is 2.04 bits per heavy atom. The minimum atomic E-state index is -0.285. The fraction of sp³-hybridized carbons (Fsp3) is 0.190. The first kappa shape index (κ1) is 15.6. The van der Waals surface area contributed by atoms with Gasteiger partial charge in [0.15, 0.2) is 0 Å². The maximum absolute atomic E-state index is 13.7. The SMILES string of the molecule is CC1=CCCC(/C=C2\C(=O)Nc3cccc(-c4cccc(F)c4)c32)N1. The number of hydrogen-bond acceptors (Lipinski definition) is 2. The predicted molar refractivity (Wildman–Crippen MR) is 98.4 cm³/mol. The van der Waals surface area contributed by atoms with Gasteiger partial charge in [-0.2, -0.15) is 0 Å².